The lowest BCUT2D eigenvalue weighted by atomic mass is 9.93. The van der Waals surface area contributed by atoms with Gasteiger partial charge in [0.15, 0.2) is 0 Å². The van der Waals surface area contributed by atoms with E-state index in [2.05, 4.69) is 15.5 Å². The Balaban J connectivity index is 1.34. The van der Waals surface area contributed by atoms with Gasteiger partial charge in [0.25, 0.3) is 5.91 Å². The molecule has 1 saturated heterocycles. The summed E-state index contributed by atoms with van der Waals surface area (Å²) in [4.78, 5) is 31.1. The molecule has 27 heavy (non-hydrogen) atoms. The highest BCUT2D eigenvalue weighted by Crippen LogP contribution is 2.53. The second-order valence-corrected chi connectivity index (χ2v) is 7.73. The zero-order valence-electron chi connectivity index (χ0n) is 15.7. The zero-order chi connectivity index (χ0) is 19.0. The topological polar surface area (TPSA) is 88.3 Å². The van der Waals surface area contributed by atoms with Crippen LogP contribution < -0.4 is 5.32 Å². The fourth-order valence-electron chi connectivity index (χ4n) is 3.68. The molecule has 1 aromatic heterocycles. The van der Waals surface area contributed by atoms with Crippen LogP contribution >= 0.6 is 0 Å². The summed E-state index contributed by atoms with van der Waals surface area (Å²) in [5.41, 5.74) is 1.80. The lowest BCUT2D eigenvalue weighted by molar-refractivity contribution is -0.134. The molecule has 1 spiro atoms. The second kappa shape index (κ2) is 6.79. The molecule has 142 valence electrons. The van der Waals surface area contributed by atoms with Gasteiger partial charge in [-0.1, -0.05) is 17.3 Å². The van der Waals surface area contributed by atoms with E-state index in [1.807, 2.05) is 4.90 Å². The first-order valence-electron chi connectivity index (χ1n) is 9.46. The predicted molar refractivity (Wildman–Crippen MR) is 98.9 cm³/mol. The van der Waals surface area contributed by atoms with E-state index < -0.39 is 6.04 Å². The summed E-state index contributed by atoms with van der Waals surface area (Å²) in [6.07, 6.45) is 4.80. The normalized spacial score (nSPS) is 19.0. The van der Waals surface area contributed by atoms with E-state index >= 15 is 0 Å². The van der Waals surface area contributed by atoms with Crippen molar-refractivity contribution in [3.05, 3.63) is 35.7 Å². The molecule has 7 nitrogen and oxygen atoms in total. The SMILES string of the molecule is Cc1nc(-c2ccc(C(=O)NC(C)C(=O)N3CCC4(CC3)CC4)cc2)no1. The first-order valence-corrected chi connectivity index (χ1v) is 9.46. The summed E-state index contributed by atoms with van der Waals surface area (Å²) in [5, 5.41) is 6.67. The Morgan fingerprint density at radius 2 is 1.81 bits per heavy atom. The van der Waals surface area contributed by atoms with Crippen molar-refractivity contribution in [3.63, 3.8) is 0 Å². The van der Waals surface area contributed by atoms with Crippen LogP contribution in [0.5, 0.6) is 0 Å². The van der Waals surface area contributed by atoms with Gasteiger partial charge in [-0.15, -0.1) is 0 Å². The maximum absolute atomic E-state index is 12.6. The number of carbonyl (C=O) groups excluding carboxylic acids is 2. The minimum Gasteiger partial charge on any atom is -0.341 e. The molecule has 2 fully saturated rings. The Kier molecular flexibility index (Phi) is 4.45. The van der Waals surface area contributed by atoms with Crippen LogP contribution in [0.25, 0.3) is 11.4 Å². The fraction of sp³-hybridized carbons (Fsp3) is 0.500. The predicted octanol–water partition coefficient (Wildman–Crippen LogP) is 2.57. The molecule has 1 aromatic carbocycles. The van der Waals surface area contributed by atoms with Crippen LogP contribution in [0.3, 0.4) is 0 Å². The van der Waals surface area contributed by atoms with E-state index in [4.69, 9.17) is 4.52 Å². The van der Waals surface area contributed by atoms with Gasteiger partial charge in [0.1, 0.15) is 6.04 Å². The number of likely N-dealkylation sites (tertiary alicyclic amines) is 1. The van der Waals surface area contributed by atoms with Gasteiger partial charge >= 0.3 is 0 Å². The number of hydrogen-bond acceptors (Lipinski definition) is 5. The number of aromatic nitrogens is 2. The Morgan fingerprint density at radius 1 is 1.15 bits per heavy atom. The highest BCUT2D eigenvalue weighted by Gasteiger charge is 2.45. The highest BCUT2D eigenvalue weighted by atomic mass is 16.5. The molecule has 0 radical (unpaired) electrons. The van der Waals surface area contributed by atoms with E-state index in [0.717, 1.165) is 31.5 Å². The van der Waals surface area contributed by atoms with Crippen molar-refractivity contribution in [2.45, 2.75) is 45.6 Å². The van der Waals surface area contributed by atoms with E-state index in [1.165, 1.54) is 12.8 Å². The molecule has 2 heterocycles. The molecular weight excluding hydrogens is 344 g/mol. The maximum Gasteiger partial charge on any atom is 0.251 e. The van der Waals surface area contributed by atoms with Gasteiger partial charge < -0.3 is 14.7 Å². The van der Waals surface area contributed by atoms with Gasteiger partial charge in [-0.05, 0) is 50.2 Å². The molecule has 0 bridgehead atoms. The summed E-state index contributed by atoms with van der Waals surface area (Å²) >= 11 is 0. The van der Waals surface area contributed by atoms with Crippen LogP contribution in [0.4, 0.5) is 0 Å². The van der Waals surface area contributed by atoms with Gasteiger partial charge in [-0.25, -0.2) is 0 Å². The first-order chi connectivity index (χ1) is 13.0. The summed E-state index contributed by atoms with van der Waals surface area (Å²) in [5.74, 6) is 0.714. The smallest absolute Gasteiger partial charge is 0.251 e. The standard InChI is InChI=1S/C20H24N4O3/c1-13(19(26)24-11-9-20(7-8-20)10-12-24)21-18(25)16-5-3-15(4-6-16)17-22-14(2)27-23-17/h3-6,13H,7-12H2,1-2H3,(H,21,25). The third-order valence-corrected chi connectivity index (χ3v) is 5.74. The molecule has 1 atom stereocenters. The zero-order valence-corrected chi connectivity index (χ0v) is 15.7. The van der Waals surface area contributed by atoms with Crippen LogP contribution in [-0.2, 0) is 4.79 Å². The van der Waals surface area contributed by atoms with Crippen molar-refractivity contribution < 1.29 is 14.1 Å². The molecule has 4 rings (SSSR count). The van der Waals surface area contributed by atoms with Crippen LogP contribution in [0.2, 0.25) is 0 Å². The molecule has 7 heteroatoms. The number of amides is 2. The average molecular weight is 368 g/mol. The number of nitrogens with one attached hydrogen (secondary N) is 1. The fourth-order valence-corrected chi connectivity index (χ4v) is 3.68. The van der Waals surface area contributed by atoms with E-state index in [1.54, 1.807) is 38.1 Å². The number of nitrogens with zero attached hydrogens (tertiary/aromatic N) is 3. The highest BCUT2D eigenvalue weighted by molar-refractivity contribution is 5.97. The molecule has 1 aliphatic heterocycles. The van der Waals surface area contributed by atoms with Gasteiger partial charge in [-0.3, -0.25) is 9.59 Å². The van der Waals surface area contributed by atoms with Crippen LogP contribution in [0, 0.1) is 12.3 Å². The number of carbonyl (C=O) groups is 2. The average Bonchev–Trinajstić information content (AvgIpc) is 3.29. The Morgan fingerprint density at radius 3 is 2.37 bits per heavy atom. The van der Waals surface area contributed by atoms with E-state index in [0.29, 0.717) is 22.7 Å². The maximum atomic E-state index is 12.6. The summed E-state index contributed by atoms with van der Waals surface area (Å²) in [6, 6.07) is 6.40. The monoisotopic (exact) mass is 368 g/mol. The minimum atomic E-state index is -0.537. The Labute approximate surface area is 158 Å². The molecule has 1 aliphatic carbocycles. The lowest BCUT2D eigenvalue weighted by Gasteiger charge is -2.33. The third kappa shape index (κ3) is 3.72. The summed E-state index contributed by atoms with van der Waals surface area (Å²) in [7, 11) is 0. The molecule has 1 saturated carbocycles. The van der Waals surface area contributed by atoms with Gasteiger partial charge in [0.05, 0.1) is 0 Å². The number of rotatable bonds is 4. The molecule has 2 amide bonds. The van der Waals surface area contributed by atoms with Gasteiger partial charge in [0, 0.05) is 31.1 Å². The van der Waals surface area contributed by atoms with Gasteiger partial charge in [0.2, 0.25) is 17.6 Å². The molecule has 2 aliphatic rings. The molecular formula is C20H24N4O3. The summed E-state index contributed by atoms with van der Waals surface area (Å²) < 4.78 is 4.97. The van der Waals surface area contributed by atoms with Crippen molar-refractivity contribution in [1.29, 1.82) is 0 Å². The first kappa shape index (κ1) is 17.7. The van der Waals surface area contributed by atoms with Crippen LogP contribution in [-0.4, -0.2) is 46.0 Å². The van der Waals surface area contributed by atoms with E-state index in [9.17, 15) is 9.59 Å². The van der Waals surface area contributed by atoms with Gasteiger partial charge in [-0.2, -0.15) is 4.98 Å². The Bertz CT molecular complexity index is 844. The Hall–Kier alpha value is -2.70. The minimum absolute atomic E-state index is 0.00209. The van der Waals surface area contributed by atoms with Crippen molar-refractivity contribution >= 4 is 11.8 Å². The number of hydrogen-bond donors (Lipinski definition) is 1. The number of piperidine rings is 1. The second-order valence-electron chi connectivity index (χ2n) is 7.73. The number of benzene rings is 1. The van der Waals surface area contributed by atoms with E-state index in [-0.39, 0.29) is 11.8 Å². The van der Waals surface area contributed by atoms with Crippen molar-refractivity contribution in [2.75, 3.05) is 13.1 Å². The molecule has 1 N–H and O–H groups in total. The third-order valence-electron chi connectivity index (χ3n) is 5.74. The largest absolute Gasteiger partial charge is 0.341 e. The van der Waals surface area contributed by atoms with Crippen molar-refractivity contribution in [3.8, 4) is 11.4 Å². The molecule has 2 aromatic rings. The quantitative estimate of drug-likeness (QED) is 0.896. The molecule has 1 unspecified atom stereocenters. The number of aryl methyl sites for hydroxylation is 1. The summed E-state index contributed by atoms with van der Waals surface area (Å²) in [6.45, 7) is 5.08. The van der Waals surface area contributed by atoms with Crippen molar-refractivity contribution in [1.82, 2.24) is 20.4 Å². The van der Waals surface area contributed by atoms with Crippen molar-refractivity contribution in [2.24, 2.45) is 5.41 Å². The lowest BCUT2D eigenvalue weighted by Crippen LogP contribution is -2.49. The van der Waals surface area contributed by atoms with Crippen LogP contribution in [0.15, 0.2) is 28.8 Å². The van der Waals surface area contributed by atoms with Crippen LogP contribution in [0.1, 0.15) is 48.9 Å².